The minimum atomic E-state index is -0.431. The fraction of sp³-hybridized carbons (Fsp3) is 0.462. The predicted octanol–water partition coefficient (Wildman–Crippen LogP) is 4.79. The number of carbonyl (C=O) groups excluding carboxylic acids is 1. The zero-order valence-corrected chi connectivity index (χ0v) is 22.0. The molecular weight excluding hydrogens is 480 g/mol. The Morgan fingerprint density at radius 2 is 1.89 bits per heavy atom. The van der Waals surface area contributed by atoms with Crippen molar-refractivity contribution in [2.75, 3.05) is 26.2 Å². The molecule has 7 nitrogen and oxygen atoms in total. The summed E-state index contributed by atoms with van der Waals surface area (Å²) in [6.45, 7) is 10.3. The number of benzene rings is 1. The van der Waals surface area contributed by atoms with Crippen molar-refractivity contribution in [1.82, 2.24) is 25.0 Å². The van der Waals surface area contributed by atoms with Crippen LogP contribution in [-0.4, -0.2) is 57.5 Å². The van der Waals surface area contributed by atoms with Crippen LogP contribution in [0.1, 0.15) is 64.9 Å². The zero-order chi connectivity index (χ0) is 24.5. The van der Waals surface area contributed by atoms with E-state index in [4.69, 9.17) is 16.6 Å². The summed E-state index contributed by atoms with van der Waals surface area (Å²) in [6.07, 6.45) is 3.76. The molecule has 0 spiro atoms. The molecule has 2 aliphatic rings. The van der Waals surface area contributed by atoms with Crippen LogP contribution >= 0.6 is 22.9 Å². The molecule has 0 radical (unpaired) electrons. The number of thiophene rings is 1. The molecular formula is C26H31ClN6OS. The number of hydrogen-bond donors (Lipinski definition) is 1. The van der Waals surface area contributed by atoms with Gasteiger partial charge in [0.15, 0.2) is 5.82 Å². The van der Waals surface area contributed by atoms with Crippen molar-refractivity contribution >= 4 is 34.6 Å². The molecule has 1 aromatic carbocycles. The van der Waals surface area contributed by atoms with E-state index < -0.39 is 6.04 Å². The Balaban J connectivity index is 1.44. The maximum Gasteiger partial charge on any atom is 0.222 e. The van der Waals surface area contributed by atoms with E-state index in [1.54, 1.807) is 11.3 Å². The number of nitrogens with one attached hydrogen (secondary N) is 1. The van der Waals surface area contributed by atoms with Crippen LogP contribution in [-0.2, 0) is 4.79 Å². The van der Waals surface area contributed by atoms with Gasteiger partial charge in [-0.1, -0.05) is 23.7 Å². The largest absolute Gasteiger partial charge is 0.356 e. The third-order valence-corrected chi connectivity index (χ3v) is 8.35. The van der Waals surface area contributed by atoms with Gasteiger partial charge >= 0.3 is 0 Å². The lowest BCUT2D eigenvalue weighted by Crippen LogP contribution is -2.29. The van der Waals surface area contributed by atoms with Gasteiger partial charge in [0.2, 0.25) is 5.91 Å². The maximum absolute atomic E-state index is 13.0. The third-order valence-electron chi connectivity index (χ3n) is 6.91. The van der Waals surface area contributed by atoms with Crippen LogP contribution in [0.3, 0.4) is 0 Å². The Bertz CT molecular complexity index is 1260. The van der Waals surface area contributed by atoms with E-state index in [9.17, 15) is 4.79 Å². The molecule has 9 heteroatoms. The van der Waals surface area contributed by atoms with Gasteiger partial charge in [-0.2, -0.15) is 0 Å². The Kier molecular flexibility index (Phi) is 7.05. The van der Waals surface area contributed by atoms with Crippen LogP contribution in [0.5, 0.6) is 0 Å². The number of fused-ring (bicyclic) bond motifs is 3. The van der Waals surface area contributed by atoms with E-state index in [0.717, 1.165) is 40.6 Å². The van der Waals surface area contributed by atoms with Crippen LogP contribution in [0.25, 0.3) is 5.00 Å². The molecule has 1 amide bonds. The number of likely N-dealkylation sites (tertiary alicyclic amines) is 1. The molecule has 1 N–H and O–H groups in total. The van der Waals surface area contributed by atoms with E-state index >= 15 is 0 Å². The van der Waals surface area contributed by atoms with Crippen LogP contribution in [0.4, 0.5) is 0 Å². The van der Waals surface area contributed by atoms with Gasteiger partial charge in [-0.25, -0.2) is 0 Å². The van der Waals surface area contributed by atoms with Gasteiger partial charge in [0.05, 0.1) is 12.1 Å². The van der Waals surface area contributed by atoms with Crippen molar-refractivity contribution < 1.29 is 4.79 Å². The smallest absolute Gasteiger partial charge is 0.222 e. The molecule has 5 rings (SSSR count). The highest BCUT2D eigenvalue weighted by molar-refractivity contribution is 7.15. The summed E-state index contributed by atoms with van der Waals surface area (Å²) in [7, 11) is 0. The number of aromatic nitrogens is 3. The van der Waals surface area contributed by atoms with Crippen molar-refractivity contribution in [3.8, 4) is 5.00 Å². The first-order chi connectivity index (χ1) is 16.9. The monoisotopic (exact) mass is 510 g/mol. The minimum absolute atomic E-state index is 0.0130. The second kappa shape index (κ2) is 10.2. The van der Waals surface area contributed by atoms with E-state index in [-0.39, 0.29) is 12.3 Å². The second-order valence-corrected chi connectivity index (χ2v) is 11.0. The molecule has 184 valence electrons. The van der Waals surface area contributed by atoms with Crippen LogP contribution < -0.4 is 5.32 Å². The number of nitrogens with zero attached hydrogens (tertiary/aromatic N) is 5. The van der Waals surface area contributed by atoms with Gasteiger partial charge in [0.1, 0.15) is 16.9 Å². The topological polar surface area (TPSA) is 75.4 Å². The average Bonchev–Trinajstić information content (AvgIpc) is 3.53. The maximum atomic E-state index is 13.0. The van der Waals surface area contributed by atoms with E-state index in [1.807, 2.05) is 31.2 Å². The molecule has 1 fully saturated rings. The number of aliphatic imine (C=N–C) groups is 1. The summed E-state index contributed by atoms with van der Waals surface area (Å²) in [5.74, 6) is 1.49. The molecule has 2 aromatic heterocycles. The average molecular weight is 511 g/mol. The van der Waals surface area contributed by atoms with Gasteiger partial charge < -0.3 is 10.2 Å². The zero-order valence-electron chi connectivity index (χ0n) is 20.5. The second-order valence-electron chi connectivity index (χ2n) is 9.36. The summed E-state index contributed by atoms with van der Waals surface area (Å²) >= 11 is 7.89. The highest BCUT2D eigenvalue weighted by atomic mass is 35.5. The lowest BCUT2D eigenvalue weighted by atomic mass is 9.99. The number of hydrogen-bond acceptors (Lipinski definition) is 6. The fourth-order valence-electron chi connectivity index (χ4n) is 4.92. The van der Waals surface area contributed by atoms with Gasteiger partial charge in [-0.3, -0.25) is 14.4 Å². The van der Waals surface area contributed by atoms with Crippen molar-refractivity contribution in [3.63, 3.8) is 0 Å². The predicted molar refractivity (Wildman–Crippen MR) is 141 cm³/mol. The highest BCUT2D eigenvalue weighted by Gasteiger charge is 2.32. The summed E-state index contributed by atoms with van der Waals surface area (Å²) in [4.78, 5) is 21.8. The van der Waals surface area contributed by atoms with Crippen molar-refractivity contribution in [2.24, 2.45) is 4.99 Å². The number of rotatable bonds is 7. The first kappa shape index (κ1) is 24.2. The first-order valence-electron chi connectivity index (χ1n) is 12.3. The number of halogens is 1. The highest BCUT2D eigenvalue weighted by Crippen LogP contribution is 2.39. The molecule has 1 atom stereocenters. The lowest BCUT2D eigenvalue weighted by molar-refractivity contribution is -0.121. The Morgan fingerprint density at radius 1 is 1.14 bits per heavy atom. The molecule has 2 aliphatic heterocycles. The number of aryl methyl sites for hydroxylation is 2. The van der Waals surface area contributed by atoms with E-state index in [0.29, 0.717) is 17.4 Å². The quantitative estimate of drug-likeness (QED) is 0.463. The Hall–Kier alpha value is -2.55. The van der Waals surface area contributed by atoms with Crippen molar-refractivity contribution in [3.05, 3.63) is 62.5 Å². The normalized spacial score (nSPS) is 17.6. The molecule has 3 aromatic rings. The first-order valence-corrected chi connectivity index (χ1v) is 13.5. The van der Waals surface area contributed by atoms with Gasteiger partial charge in [0.25, 0.3) is 0 Å². The van der Waals surface area contributed by atoms with Crippen molar-refractivity contribution in [2.45, 2.75) is 52.5 Å². The summed E-state index contributed by atoms with van der Waals surface area (Å²) in [5.41, 5.74) is 4.11. The van der Waals surface area contributed by atoms with Crippen LogP contribution in [0.2, 0.25) is 5.02 Å². The van der Waals surface area contributed by atoms with Crippen LogP contribution in [0.15, 0.2) is 29.3 Å². The minimum Gasteiger partial charge on any atom is -0.356 e. The molecule has 0 saturated carbocycles. The molecule has 0 unspecified atom stereocenters. The van der Waals surface area contributed by atoms with E-state index in [1.165, 1.54) is 36.4 Å². The number of amides is 1. The number of carbonyl (C=O) groups is 1. The van der Waals surface area contributed by atoms with E-state index in [2.05, 4.69) is 38.8 Å². The van der Waals surface area contributed by atoms with Crippen LogP contribution in [0, 0.1) is 20.8 Å². The fourth-order valence-corrected chi connectivity index (χ4v) is 6.26. The molecule has 35 heavy (non-hydrogen) atoms. The van der Waals surface area contributed by atoms with Gasteiger partial charge in [-0.15, -0.1) is 21.5 Å². The van der Waals surface area contributed by atoms with Gasteiger partial charge in [-0.05, 0) is 77.4 Å². The third kappa shape index (κ3) is 4.92. The Morgan fingerprint density at radius 3 is 2.63 bits per heavy atom. The summed E-state index contributed by atoms with van der Waals surface area (Å²) in [5, 5.41) is 13.7. The Labute approximate surface area is 215 Å². The lowest BCUT2D eigenvalue weighted by Gasteiger charge is -2.15. The molecule has 0 aliphatic carbocycles. The summed E-state index contributed by atoms with van der Waals surface area (Å²) in [6, 6.07) is 7.32. The van der Waals surface area contributed by atoms with Gasteiger partial charge in [0, 0.05) is 27.6 Å². The molecule has 4 heterocycles. The summed E-state index contributed by atoms with van der Waals surface area (Å²) < 4.78 is 2.08. The molecule has 1 saturated heterocycles. The molecule has 0 bridgehead atoms. The SMILES string of the molecule is Cc1sc2c(c1C)C(c1ccc(Cl)cc1)=N[C@@H](CC(=O)NCCCN1CCCC1)c1nnc(C)n1-2. The standard InChI is InChI=1S/C26H31ClN6OS/c1-16-17(2)35-26-23(16)24(19-7-9-20(27)10-8-19)29-21(25-31-30-18(3)33(25)26)15-22(34)28-11-6-14-32-12-4-5-13-32/h7-10,21H,4-6,11-15H2,1-3H3,(H,28,34)/t21-/m0/s1. The van der Waals surface area contributed by atoms with Crippen molar-refractivity contribution in [1.29, 1.82) is 0 Å².